The van der Waals surface area contributed by atoms with Crippen LogP contribution < -0.4 is 5.32 Å². The molecule has 0 saturated heterocycles. The van der Waals surface area contributed by atoms with Gasteiger partial charge in [0.25, 0.3) is 0 Å². The number of hydrogen-bond donors (Lipinski definition) is 1. The summed E-state index contributed by atoms with van der Waals surface area (Å²) in [6.07, 6.45) is 4.22. The van der Waals surface area contributed by atoms with Gasteiger partial charge in [0.05, 0.1) is 5.01 Å². The lowest BCUT2D eigenvalue weighted by Crippen LogP contribution is -2.37. The summed E-state index contributed by atoms with van der Waals surface area (Å²) in [6.45, 7) is 10.0. The molecular weight excluding hydrogens is 204 g/mol. The van der Waals surface area contributed by atoms with Crippen LogP contribution in [0.3, 0.4) is 0 Å². The van der Waals surface area contributed by atoms with Crippen molar-refractivity contribution in [1.29, 1.82) is 0 Å². The quantitative estimate of drug-likeness (QED) is 0.834. The molecular formula is C12H22N2S. The number of thiazole rings is 1. The Hall–Kier alpha value is -0.410. The summed E-state index contributed by atoms with van der Waals surface area (Å²) in [6, 6.07) is 0. The van der Waals surface area contributed by atoms with Gasteiger partial charge >= 0.3 is 0 Å². The molecule has 0 aliphatic carbocycles. The highest BCUT2D eigenvalue weighted by atomic mass is 32.1. The smallest absolute Gasteiger partial charge is 0.0927 e. The van der Waals surface area contributed by atoms with E-state index in [1.165, 1.54) is 11.4 Å². The van der Waals surface area contributed by atoms with E-state index in [9.17, 15) is 0 Å². The van der Waals surface area contributed by atoms with E-state index in [-0.39, 0.29) is 5.54 Å². The van der Waals surface area contributed by atoms with Crippen molar-refractivity contribution in [2.45, 2.75) is 46.1 Å². The van der Waals surface area contributed by atoms with Crippen LogP contribution in [0.15, 0.2) is 11.6 Å². The Morgan fingerprint density at radius 1 is 1.47 bits per heavy atom. The van der Waals surface area contributed by atoms with Gasteiger partial charge in [0.1, 0.15) is 0 Å². The minimum absolute atomic E-state index is 0.237. The fourth-order valence-corrected chi connectivity index (χ4v) is 2.23. The van der Waals surface area contributed by atoms with E-state index in [1.54, 1.807) is 11.3 Å². The lowest BCUT2D eigenvalue weighted by atomic mass is 10.0. The first-order valence-corrected chi connectivity index (χ1v) is 6.49. The van der Waals surface area contributed by atoms with Crippen LogP contribution in [0.5, 0.6) is 0 Å². The summed E-state index contributed by atoms with van der Waals surface area (Å²) in [5.41, 5.74) is 0.237. The lowest BCUT2D eigenvalue weighted by Gasteiger charge is -2.21. The highest BCUT2D eigenvalue weighted by molar-refractivity contribution is 7.09. The van der Waals surface area contributed by atoms with Gasteiger partial charge in [-0.05, 0) is 39.7 Å². The van der Waals surface area contributed by atoms with Crippen LogP contribution in [0, 0.1) is 5.92 Å². The molecule has 3 heteroatoms. The molecule has 1 aromatic rings. The standard InChI is InChI=1S/C12H22N2S/c1-10(5-6-14-12(2,3)4)9-11-13-7-8-15-11/h7-8,10,14H,5-6,9H2,1-4H3. The average molecular weight is 226 g/mol. The number of hydrogen-bond acceptors (Lipinski definition) is 3. The number of nitrogens with zero attached hydrogens (tertiary/aromatic N) is 1. The zero-order valence-electron chi connectivity index (χ0n) is 10.2. The third kappa shape index (κ3) is 5.90. The number of nitrogens with one attached hydrogen (secondary N) is 1. The van der Waals surface area contributed by atoms with Gasteiger partial charge in [0.15, 0.2) is 0 Å². The topological polar surface area (TPSA) is 24.9 Å². The van der Waals surface area contributed by atoms with Crippen LogP contribution in [0.1, 0.15) is 39.1 Å². The Bertz CT molecular complexity index is 262. The highest BCUT2D eigenvalue weighted by Crippen LogP contribution is 2.13. The molecule has 0 fully saturated rings. The summed E-state index contributed by atoms with van der Waals surface area (Å²) in [5, 5.41) is 6.83. The first-order valence-electron chi connectivity index (χ1n) is 5.61. The van der Waals surface area contributed by atoms with E-state index in [0.717, 1.165) is 13.0 Å². The van der Waals surface area contributed by atoms with Crippen LogP contribution in [-0.4, -0.2) is 17.1 Å². The van der Waals surface area contributed by atoms with Crippen molar-refractivity contribution in [3.05, 3.63) is 16.6 Å². The Morgan fingerprint density at radius 2 is 2.20 bits per heavy atom. The van der Waals surface area contributed by atoms with Crippen molar-refractivity contribution in [1.82, 2.24) is 10.3 Å². The van der Waals surface area contributed by atoms with Crippen LogP contribution in [0.2, 0.25) is 0 Å². The van der Waals surface area contributed by atoms with E-state index >= 15 is 0 Å². The molecule has 0 bridgehead atoms. The van der Waals surface area contributed by atoms with E-state index < -0.39 is 0 Å². The zero-order valence-corrected chi connectivity index (χ0v) is 11.0. The summed E-state index contributed by atoms with van der Waals surface area (Å²) in [5.74, 6) is 0.714. The highest BCUT2D eigenvalue weighted by Gasteiger charge is 2.10. The molecule has 1 N–H and O–H groups in total. The van der Waals surface area contributed by atoms with Gasteiger partial charge < -0.3 is 5.32 Å². The van der Waals surface area contributed by atoms with Crippen molar-refractivity contribution in [3.63, 3.8) is 0 Å². The Kier molecular flexibility index (Phi) is 4.74. The van der Waals surface area contributed by atoms with Gasteiger partial charge in [-0.15, -0.1) is 11.3 Å². The second kappa shape index (κ2) is 5.61. The maximum absolute atomic E-state index is 4.31. The molecule has 0 aromatic carbocycles. The Labute approximate surface area is 97.1 Å². The molecule has 0 amide bonds. The first kappa shape index (κ1) is 12.7. The molecule has 1 rings (SSSR count). The molecule has 1 heterocycles. The van der Waals surface area contributed by atoms with Gasteiger partial charge in [-0.3, -0.25) is 0 Å². The van der Waals surface area contributed by atoms with Gasteiger partial charge in [-0.1, -0.05) is 6.92 Å². The van der Waals surface area contributed by atoms with Crippen LogP contribution in [0.25, 0.3) is 0 Å². The van der Waals surface area contributed by atoms with Crippen molar-refractivity contribution >= 4 is 11.3 Å². The minimum Gasteiger partial charge on any atom is -0.312 e. The van der Waals surface area contributed by atoms with Crippen molar-refractivity contribution < 1.29 is 0 Å². The summed E-state index contributed by atoms with van der Waals surface area (Å²) in [4.78, 5) is 4.31. The van der Waals surface area contributed by atoms with Gasteiger partial charge in [0, 0.05) is 23.5 Å². The molecule has 0 radical (unpaired) electrons. The molecule has 1 aromatic heterocycles. The largest absolute Gasteiger partial charge is 0.312 e. The summed E-state index contributed by atoms with van der Waals surface area (Å²) in [7, 11) is 0. The fourth-order valence-electron chi connectivity index (χ4n) is 1.45. The van der Waals surface area contributed by atoms with Crippen LogP contribution in [0.4, 0.5) is 0 Å². The fraction of sp³-hybridized carbons (Fsp3) is 0.750. The second-order valence-corrected chi connectivity index (χ2v) is 6.18. The number of rotatable bonds is 5. The molecule has 1 atom stereocenters. The normalized spacial score (nSPS) is 14.1. The molecule has 2 nitrogen and oxygen atoms in total. The average Bonchev–Trinajstić information content (AvgIpc) is 2.54. The third-order valence-corrected chi connectivity index (χ3v) is 3.10. The van der Waals surface area contributed by atoms with E-state index in [0.29, 0.717) is 5.92 Å². The van der Waals surface area contributed by atoms with Crippen molar-refractivity contribution in [2.24, 2.45) is 5.92 Å². The monoisotopic (exact) mass is 226 g/mol. The first-order chi connectivity index (χ1) is 6.97. The van der Waals surface area contributed by atoms with E-state index in [1.807, 2.05) is 6.20 Å². The predicted octanol–water partition coefficient (Wildman–Crippen LogP) is 3.10. The molecule has 0 aliphatic heterocycles. The van der Waals surface area contributed by atoms with E-state index in [2.05, 4.69) is 43.4 Å². The molecule has 1 unspecified atom stereocenters. The van der Waals surface area contributed by atoms with Gasteiger partial charge in [0.2, 0.25) is 0 Å². The molecule has 0 aliphatic rings. The molecule has 0 spiro atoms. The second-order valence-electron chi connectivity index (χ2n) is 5.20. The molecule has 86 valence electrons. The predicted molar refractivity (Wildman–Crippen MR) is 67.4 cm³/mol. The van der Waals surface area contributed by atoms with E-state index in [4.69, 9.17) is 0 Å². The SMILES string of the molecule is CC(CCNC(C)(C)C)Cc1nccs1. The molecule has 15 heavy (non-hydrogen) atoms. The van der Waals surface area contributed by atoms with Crippen LogP contribution >= 0.6 is 11.3 Å². The maximum atomic E-state index is 4.31. The summed E-state index contributed by atoms with van der Waals surface area (Å²) >= 11 is 1.76. The van der Waals surface area contributed by atoms with Crippen molar-refractivity contribution in [2.75, 3.05) is 6.54 Å². The Balaban J connectivity index is 2.17. The minimum atomic E-state index is 0.237. The third-order valence-electron chi connectivity index (χ3n) is 2.30. The van der Waals surface area contributed by atoms with Crippen LogP contribution in [-0.2, 0) is 6.42 Å². The van der Waals surface area contributed by atoms with Gasteiger partial charge in [-0.25, -0.2) is 4.98 Å². The van der Waals surface area contributed by atoms with Gasteiger partial charge in [-0.2, -0.15) is 0 Å². The number of aromatic nitrogens is 1. The zero-order chi connectivity index (χ0) is 11.3. The summed E-state index contributed by atoms with van der Waals surface area (Å²) < 4.78 is 0. The maximum Gasteiger partial charge on any atom is 0.0927 e. The van der Waals surface area contributed by atoms with Crippen molar-refractivity contribution in [3.8, 4) is 0 Å². The molecule has 0 saturated carbocycles. The lowest BCUT2D eigenvalue weighted by molar-refractivity contribution is 0.394. The Morgan fingerprint density at radius 3 is 2.73 bits per heavy atom.